The molecular formula is C13H27N3O. The second-order valence-corrected chi connectivity index (χ2v) is 5.29. The average molecular weight is 241 g/mol. The molecule has 2 atom stereocenters. The minimum absolute atomic E-state index is 0.0399. The van der Waals surface area contributed by atoms with Gasteiger partial charge in [-0.05, 0) is 52.6 Å². The number of hydrogen-bond donors (Lipinski definition) is 2. The molecule has 0 spiro atoms. The van der Waals surface area contributed by atoms with Crippen molar-refractivity contribution in [2.24, 2.45) is 5.92 Å². The Morgan fingerprint density at radius 3 is 2.65 bits per heavy atom. The minimum Gasteiger partial charge on any atom is -0.358 e. The van der Waals surface area contributed by atoms with Gasteiger partial charge in [0, 0.05) is 19.6 Å². The van der Waals surface area contributed by atoms with Crippen LogP contribution in [0.25, 0.3) is 0 Å². The lowest BCUT2D eigenvalue weighted by Crippen LogP contribution is -2.50. The lowest BCUT2D eigenvalue weighted by molar-refractivity contribution is -0.126. The molecule has 0 aromatic heterocycles. The Labute approximate surface area is 105 Å². The van der Waals surface area contributed by atoms with Crippen LogP contribution in [0.15, 0.2) is 0 Å². The van der Waals surface area contributed by atoms with Gasteiger partial charge in [0.05, 0.1) is 6.04 Å². The summed E-state index contributed by atoms with van der Waals surface area (Å²) in [4.78, 5) is 14.0. The molecule has 0 saturated carbocycles. The highest BCUT2D eigenvalue weighted by atomic mass is 16.2. The molecule has 4 heteroatoms. The number of likely N-dealkylation sites (N-methyl/N-ethyl adjacent to an activating group) is 1. The van der Waals surface area contributed by atoms with E-state index in [9.17, 15) is 4.79 Å². The molecule has 2 unspecified atom stereocenters. The minimum atomic E-state index is -0.0399. The predicted octanol–water partition coefficient (Wildman–Crippen LogP) is 0.831. The van der Waals surface area contributed by atoms with Crippen molar-refractivity contribution >= 4 is 5.91 Å². The van der Waals surface area contributed by atoms with Crippen molar-refractivity contribution in [1.29, 1.82) is 0 Å². The zero-order chi connectivity index (χ0) is 12.8. The molecule has 17 heavy (non-hydrogen) atoms. The van der Waals surface area contributed by atoms with Gasteiger partial charge in [-0.3, -0.25) is 9.69 Å². The van der Waals surface area contributed by atoms with Crippen molar-refractivity contribution in [3.63, 3.8) is 0 Å². The third-order valence-electron chi connectivity index (χ3n) is 3.65. The van der Waals surface area contributed by atoms with E-state index in [0.29, 0.717) is 12.0 Å². The third-order valence-corrected chi connectivity index (χ3v) is 3.65. The molecule has 2 N–H and O–H groups in total. The molecule has 1 aliphatic rings. The molecular weight excluding hydrogens is 214 g/mol. The number of carbonyl (C=O) groups is 1. The highest BCUT2D eigenvalue weighted by Crippen LogP contribution is 2.15. The molecule has 1 fully saturated rings. The number of nitrogens with zero attached hydrogens (tertiary/aromatic N) is 1. The molecule has 1 aliphatic heterocycles. The van der Waals surface area contributed by atoms with Gasteiger partial charge < -0.3 is 10.6 Å². The monoisotopic (exact) mass is 241 g/mol. The van der Waals surface area contributed by atoms with Gasteiger partial charge in [0.2, 0.25) is 5.91 Å². The fraction of sp³-hybridized carbons (Fsp3) is 0.923. The first kappa shape index (κ1) is 14.5. The lowest BCUT2D eigenvalue weighted by atomic mass is 9.97. The summed E-state index contributed by atoms with van der Waals surface area (Å²) in [5, 5.41) is 6.18. The quantitative estimate of drug-likeness (QED) is 0.749. The van der Waals surface area contributed by atoms with E-state index in [-0.39, 0.29) is 11.9 Å². The van der Waals surface area contributed by atoms with E-state index in [2.05, 4.69) is 29.4 Å². The van der Waals surface area contributed by atoms with Gasteiger partial charge in [0.25, 0.3) is 0 Å². The Bertz CT molecular complexity index is 237. The Balaban J connectivity index is 2.55. The fourth-order valence-corrected chi connectivity index (χ4v) is 2.55. The first-order valence-electron chi connectivity index (χ1n) is 6.74. The summed E-state index contributed by atoms with van der Waals surface area (Å²) in [5.41, 5.74) is 0. The normalized spacial score (nSPS) is 22.8. The maximum atomic E-state index is 11.7. The Kier molecular flexibility index (Phi) is 5.92. The summed E-state index contributed by atoms with van der Waals surface area (Å²) < 4.78 is 0. The lowest BCUT2D eigenvalue weighted by Gasteiger charge is -2.36. The fourth-order valence-electron chi connectivity index (χ4n) is 2.55. The second-order valence-electron chi connectivity index (χ2n) is 5.29. The number of nitrogens with one attached hydrogen (secondary N) is 2. The van der Waals surface area contributed by atoms with Gasteiger partial charge in [-0.1, -0.05) is 0 Å². The molecule has 0 aromatic carbocycles. The molecule has 1 heterocycles. The number of amides is 1. The zero-order valence-corrected chi connectivity index (χ0v) is 11.6. The molecule has 1 amide bonds. The SMILES string of the molecule is CNC(=O)C(C)N(CC1CCCNC1)C(C)C. The summed E-state index contributed by atoms with van der Waals surface area (Å²) in [6.07, 6.45) is 2.53. The molecule has 4 nitrogen and oxygen atoms in total. The van der Waals surface area contributed by atoms with Gasteiger partial charge in [-0.2, -0.15) is 0 Å². The van der Waals surface area contributed by atoms with E-state index in [4.69, 9.17) is 0 Å². The zero-order valence-electron chi connectivity index (χ0n) is 11.6. The van der Waals surface area contributed by atoms with Crippen LogP contribution in [0.4, 0.5) is 0 Å². The van der Waals surface area contributed by atoms with Crippen LogP contribution in [0.1, 0.15) is 33.6 Å². The summed E-state index contributed by atoms with van der Waals surface area (Å²) in [6.45, 7) is 9.56. The summed E-state index contributed by atoms with van der Waals surface area (Å²) in [5.74, 6) is 0.792. The summed E-state index contributed by atoms with van der Waals surface area (Å²) in [6, 6.07) is 0.367. The van der Waals surface area contributed by atoms with Gasteiger partial charge in [0.1, 0.15) is 0 Å². The average Bonchev–Trinajstić information content (AvgIpc) is 2.35. The summed E-state index contributed by atoms with van der Waals surface area (Å²) >= 11 is 0. The predicted molar refractivity (Wildman–Crippen MR) is 71.0 cm³/mol. The van der Waals surface area contributed by atoms with Crippen LogP contribution in [0, 0.1) is 5.92 Å². The number of piperidine rings is 1. The second kappa shape index (κ2) is 6.97. The Morgan fingerprint density at radius 2 is 2.18 bits per heavy atom. The first-order valence-corrected chi connectivity index (χ1v) is 6.74. The molecule has 1 rings (SSSR count). The number of hydrogen-bond acceptors (Lipinski definition) is 3. The van der Waals surface area contributed by atoms with Crippen LogP contribution in [-0.2, 0) is 4.79 Å². The first-order chi connectivity index (χ1) is 8.06. The molecule has 1 saturated heterocycles. The number of carbonyl (C=O) groups excluding carboxylic acids is 1. The van der Waals surface area contributed by atoms with Crippen LogP contribution < -0.4 is 10.6 Å². The highest BCUT2D eigenvalue weighted by Gasteiger charge is 2.26. The summed E-state index contributed by atoms with van der Waals surface area (Å²) in [7, 11) is 1.71. The highest BCUT2D eigenvalue weighted by molar-refractivity contribution is 5.80. The molecule has 0 aliphatic carbocycles. The van der Waals surface area contributed by atoms with Gasteiger partial charge >= 0.3 is 0 Å². The maximum Gasteiger partial charge on any atom is 0.236 e. The van der Waals surface area contributed by atoms with E-state index in [1.165, 1.54) is 12.8 Å². The van der Waals surface area contributed by atoms with Crippen molar-refractivity contribution in [2.75, 3.05) is 26.7 Å². The van der Waals surface area contributed by atoms with Crippen molar-refractivity contribution in [3.05, 3.63) is 0 Å². The van der Waals surface area contributed by atoms with Crippen molar-refractivity contribution in [2.45, 2.75) is 45.7 Å². The van der Waals surface area contributed by atoms with E-state index in [1.807, 2.05) is 6.92 Å². The van der Waals surface area contributed by atoms with Gasteiger partial charge in [-0.25, -0.2) is 0 Å². The Morgan fingerprint density at radius 1 is 1.47 bits per heavy atom. The maximum absolute atomic E-state index is 11.7. The molecule has 0 aromatic rings. The molecule has 0 radical (unpaired) electrons. The standard InChI is InChI=1S/C13H27N3O/c1-10(2)16(11(3)13(17)14-4)9-12-6-5-7-15-8-12/h10-12,15H,5-9H2,1-4H3,(H,14,17). The van der Waals surface area contributed by atoms with E-state index < -0.39 is 0 Å². The van der Waals surface area contributed by atoms with E-state index >= 15 is 0 Å². The van der Waals surface area contributed by atoms with Crippen LogP contribution in [0.3, 0.4) is 0 Å². The van der Waals surface area contributed by atoms with Crippen LogP contribution in [0.2, 0.25) is 0 Å². The van der Waals surface area contributed by atoms with Crippen molar-refractivity contribution in [3.8, 4) is 0 Å². The van der Waals surface area contributed by atoms with Gasteiger partial charge in [-0.15, -0.1) is 0 Å². The van der Waals surface area contributed by atoms with Crippen LogP contribution in [-0.4, -0.2) is 49.6 Å². The molecule has 0 bridgehead atoms. The smallest absolute Gasteiger partial charge is 0.236 e. The largest absolute Gasteiger partial charge is 0.358 e. The van der Waals surface area contributed by atoms with Crippen LogP contribution in [0.5, 0.6) is 0 Å². The van der Waals surface area contributed by atoms with Crippen molar-refractivity contribution in [1.82, 2.24) is 15.5 Å². The number of rotatable bonds is 5. The van der Waals surface area contributed by atoms with E-state index in [0.717, 1.165) is 19.6 Å². The molecule has 100 valence electrons. The van der Waals surface area contributed by atoms with Crippen molar-refractivity contribution < 1.29 is 4.79 Å². The van der Waals surface area contributed by atoms with E-state index in [1.54, 1.807) is 7.05 Å². The topological polar surface area (TPSA) is 44.4 Å². The van der Waals surface area contributed by atoms with Crippen LogP contribution >= 0.6 is 0 Å². The third kappa shape index (κ3) is 4.28. The Hall–Kier alpha value is -0.610. The van der Waals surface area contributed by atoms with Gasteiger partial charge in [0.15, 0.2) is 0 Å².